The molecule has 0 radical (unpaired) electrons. The van der Waals surface area contributed by atoms with Crippen molar-refractivity contribution in [3.05, 3.63) is 88.1 Å². The number of nitrogens with one attached hydrogen (secondary N) is 1. The molecule has 36 heavy (non-hydrogen) atoms. The van der Waals surface area contributed by atoms with Crippen LogP contribution < -0.4 is 14.2 Å². The molecule has 0 fully saturated rings. The zero-order valence-electron chi connectivity index (χ0n) is 20.2. The van der Waals surface area contributed by atoms with Crippen LogP contribution in [0.25, 0.3) is 0 Å². The summed E-state index contributed by atoms with van der Waals surface area (Å²) in [4.78, 5) is 15.3. The van der Waals surface area contributed by atoms with Crippen molar-refractivity contribution in [3.8, 4) is 11.5 Å². The summed E-state index contributed by atoms with van der Waals surface area (Å²) < 4.78 is 38.8. The number of rotatable bonds is 12. The van der Waals surface area contributed by atoms with Gasteiger partial charge in [-0.1, -0.05) is 43.3 Å². The van der Waals surface area contributed by atoms with E-state index in [2.05, 4.69) is 11.3 Å². The van der Waals surface area contributed by atoms with Gasteiger partial charge in [0.05, 0.1) is 11.3 Å². The number of sulfonamides is 1. The van der Waals surface area contributed by atoms with Crippen molar-refractivity contribution in [2.75, 3.05) is 19.9 Å². The lowest BCUT2D eigenvalue weighted by atomic mass is 10.1. The molecule has 1 amide bonds. The first kappa shape index (κ1) is 25.9. The average Bonchev–Trinajstić information content (AvgIpc) is 3.58. The number of hydrogen-bond acceptors (Lipinski definition) is 6. The van der Waals surface area contributed by atoms with Gasteiger partial charge in [-0.25, -0.2) is 13.1 Å². The summed E-state index contributed by atoms with van der Waals surface area (Å²) in [5, 5.41) is 3.95. The van der Waals surface area contributed by atoms with Gasteiger partial charge in [0.2, 0.25) is 22.7 Å². The number of benzene rings is 2. The van der Waals surface area contributed by atoms with Gasteiger partial charge in [0.1, 0.15) is 0 Å². The molecular weight excluding hydrogens is 496 g/mol. The third-order valence-corrected chi connectivity index (χ3v) is 8.19. The summed E-state index contributed by atoms with van der Waals surface area (Å²) in [7, 11) is -3.60. The number of thiophene rings is 1. The minimum Gasteiger partial charge on any atom is -0.454 e. The molecule has 1 aliphatic heterocycles. The predicted octanol–water partition coefficient (Wildman–Crippen LogP) is 4.54. The molecule has 0 bridgehead atoms. The van der Waals surface area contributed by atoms with Crippen LogP contribution in [0.3, 0.4) is 0 Å². The Kier molecular flexibility index (Phi) is 8.45. The van der Waals surface area contributed by atoms with E-state index >= 15 is 0 Å². The molecule has 0 aliphatic carbocycles. The molecule has 190 valence electrons. The van der Waals surface area contributed by atoms with Gasteiger partial charge in [-0.2, -0.15) is 11.3 Å². The monoisotopic (exact) mass is 526 g/mol. The first-order valence-electron chi connectivity index (χ1n) is 11.8. The Hall–Kier alpha value is -3.14. The zero-order chi connectivity index (χ0) is 25.5. The van der Waals surface area contributed by atoms with Crippen LogP contribution in [0, 0.1) is 0 Å². The molecule has 7 nitrogen and oxygen atoms in total. The Morgan fingerprint density at radius 3 is 2.64 bits per heavy atom. The Bertz CT molecular complexity index is 1300. The summed E-state index contributed by atoms with van der Waals surface area (Å²) in [5.74, 6) is 1.38. The summed E-state index contributed by atoms with van der Waals surface area (Å²) >= 11 is 1.57. The molecule has 1 aromatic heterocycles. The zero-order valence-corrected chi connectivity index (χ0v) is 21.9. The number of amides is 1. The first-order valence-corrected chi connectivity index (χ1v) is 14.2. The molecule has 9 heteroatoms. The van der Waals surface area contributed by atoms with Crippen LogP contribution in [0.1, 0.15) is 30.0 Å². The molecular formula is C27H30N2O5S2. The maximum absolute atomic E-state index is 13.2. The van der Waals surface area contributed by atoms with Crippen LogP contribution >= 0.6 is 11.3 Å². The van der Waals surface area contributed by atoms with Crippen molar-refractivity contribution in [3.63, 3.8) is 0 Å². The average molecular weight is 527 g/mol. The maximum atomic E-state index is 13.2. The van der Waals surface area contributed by atoms with E-state index in [9.17, 15) is 13.2 Å². The fourth-order valence-corrected chi connectivity index (χ4v) is 5.52. The largest absolute Gasteiger partial charge is 0.454 e. The summed E-state index contributed by atoms with van der Waals surface area (Å²) in [6.45, 7) is 7.04. The van der Waals surface area contributed by atoms with Gasteiger partial charge in [0.25, 0.3) is 0 Å². The van der Waals surface area contributed by atoms with Gasteiger partial charge < -0.3 is 14.4 Å². The number of carbonyl (C=O) groups excluding carboxylic acids is 1. The second-order valence-corrected chi connectivity index (χ2v) is 11.1. The van der Waals surface area contributed by atoms with Gasteiger partial charge in [-0.05, 0) is 59.0 Å². The standard InChI is InChI=1S/C27H30N2O5S2/c1-3-20(2)16-28-36(31,32)24-9-7-21(8-10-24)11-13-29(26(30)15-22-12-14-35-18-22)17-23-5-4-6-25-27(23)34-19-33-25/h4-10,12,14,18,28H,2-3,11,13,15-17,19H2,1H3. The van der Waals surface area contributed by atoms with E-state index in [4.69, 9.17) is 9.47 Å². The van der Waals surface area contributed by atoms with Crippen LogP contribution in [-0.4, -0.2) is 39.1 Å². The van der Waals surface area contributed by atoms with E-state index in [1.807, 2.05) is 46.8 Å². The lowest BCUT2D eigenvalue weighted by Gasteiger charge is -2.23. The number of carbonyl (C=O) groups is 1. The van der Waals surface area contributed by atoms with E-state index in [0.717, 1.165) is 22.3 Å². The SMILES string of the molecule is C=C(CC)CNS(=O)(=O)c1ccc(CCN(Cc2cccc3c2OCO3)C(=O)Cc2ccsc2)cc1. The Balaban J connectivity index is 1.45. The van der Waals surface area contributed by atoms with Crippen molar-refractivity contribution < 1.29 is 22.7 Å². The lowest BCUT2D eigenvalue weighted by molar-refractivity contribution is -0.131. The molecule has 2 aromatic carbocycles. The van der Waals surface area contributed by atoms with E-state index in [1.165, 1.54) is 0 Å². The number of fused-ring (bicyclic) bond motifs is 1. The molecule has 0 spiro atoms. The summed E-state index contributed by atoms with van der Waals surface area (Å²) in [6.07, 6.45) is 1.62. The van der Waals surface area contributed by atoms with Gasteiger partial charge in [-0.3, -0.25) is 4.79 Å². The topological polar surface area (TPSA) is 84.9 Å². The number of ether oxygens (including phenoxy) is 2. The van der Waals surface area contributed by atoms with Gasteiger partial charge in [-0.15, -0.1) is 0 Å². The van der Waals surface area contributed by atoms with Crippen LogP contribution in [0.15, 0.2) is 76.3 Å². The van der Waals surface area contributed by atoms with Gasteiger partial charge in [0.15, 0.2) is 11.5 Å². The molecule has 3 aromatic rings. The summed E-state index contributed by atoms with van der Waals surface area (Å²) in [6, 6.07) is 14.4. The Morgan fingerprint density at radius 2 is 1.92 bits per heavy atom. The van der Waals surface area contributed by atoms with Crippen LogP contribution in [-0.2, 0) is 34.2 Å². The third-order valence-electron chi connectivity index (χ3n) is 6.04. The fourth-order valence-electron chi connectivity index (χ4n) is 3.80. The Morgan fingerprint density at radius 1 is 1.11 bits per heavy atom. The van der Waals surface area contributed by atoms with E-state index in [-0.39, 0.29) is 24.1 Å². The molecule has 1 N–H and O–H groups in total. The highest BCUT2D eigenvalue weighted by atomic mass is 32.2. The second kappa shape index (κ2) is 11.7. The molecule has 0 unspecified atom stereocenters. The lowest BCUT2D eigenvalue weighted by Crippen LogP contribution is -2.33. The van der Waals surface area contributed by atoms with Crippen molar-refractivity contribution in [2.45, 2.75) is 37.6 Å². The van der Waals surface area contributed by atoms with E-state index < -0.39 is 10.0 Å². The van der Waals surface area contributed by atoms with Crippen molar-refractivity contribution in [2.24, 2.45) is 0 Å². The third kappa shape index (κ3) is 6.54. The summed E-state index contributed by atoms with van der Waals surface area (Å²) in [5.41, 5.74) is 3.65. The second-order valence-electron chi connectivity index (χ2n) is 8.60. The number of hydrogen-bond donors (Lipinski definition) is 1. The highest BCUT2D eigenvalue weighted by Crippen LogP contribution is 2.36. The molecule has 0 saturated heterocycles. The fraction of sp³-hybridized carbons (Fsp3) is 0.296. The van der Waals surface area contributed by atoms with Crippen molar-refractivity contribution in [1.82, 2.24) is 9.62 Å². The van der Waals surface area contributed by atoms with Crippen LogP contribution in [0.5, 0.6) is 11.5 Å². The minimum absolute atomic E-state index is 0.0180. The predicted molar refractivity (Wildman–Crippen MR) is 141 cm³/mol. The number of para-hydroxylation sites is 1. The molecule has 0 atom stereocenters. The van der Waals surface area contributed by atoms with E-state index in [0.29, 0.717) is 43.9 Å². The van der Waals surface area contributed by atoms with Crippen molar-refractivity contribution >= 4 is 27.3 Å². The van der Waals surface area contributed by atoms with Gasteiger partial charge in [0, 0.05) is 25.2 Å². The maximum Gasteiger partial charge on any atom is 0.240 e. The first-order chi connectivity index (χ1) is 17.4. The smallest absolute Gasteiger partial charge is 0.240 e. The van der Waals surface area contributed by atoms with Crippen LogP contribution in [0.4, 0.5) is 0 Å². The molecule has 1 aliphatic rings. The highest BCUT2D eigenvalue weighted by Gasteiger charge is 2.22. The number of nitrogens with zero attached hydrogens (tertiary/aromatic N) is 1. The molecule has 4 rings (SSSR count). The minimum atomic E-state index is -3.60. The Labute approximate surface area is 216 Å². The quantitative estimate of drug-likeness (QED) is 0.351. The van der Waals surface area contributed by atoms with Crippen LogP contribution in [0.2, 0.25) is 0 Å². The highest BCUT2D eigenvalue weighted by molar-refractivity contribution is 7.89. The van der Waals surface area contributed by atoms with Gasteiger partial charge >= 0.3 is 0 Å². The van der Waals surface area contributed by atoms with E-state index in [1.54, 1.807) is 35.6 Å². The van der Waals surface area contributed by atoms with Crippen molar-refractivity contribution in [1.29, 1.82) is 0 Å². The normalized spacial score (nSPS) is 12.5. The molecule has 2 heterocycles. The molecule has 0 saturated carbocycles.